The maximum absolute atomic E-state index is 5.38. The molecule has 1 aliphatic carbocycles. The van der Waals surface area contributed by atoms with Crippen molar-refractivity contribution >= 4 is 6.21 Å². The fraction of sp³-hybridized carbons (Fsp3) is 0.278. The molecular weight excluding hydrogens is 246 g/mol. The second-order valence-corrected chi connectivity index (χ2v) is 5.56. The highest BCUT2D eigenvalue weighted by Crippen LogP contribution is 2.40. The van der Waals surface area contributed by atoms with Gasteiger partial charge in [-0.2, -0.15) is 0 Å². The van der Waals surface area contributed by atoms with E-state index in [1.54, 1.807) is 6.21 Å². The molecule has 2 heteroatoms. The first-order chi connectivity index (χ1) is 9.81. The molecule has 0 saturated heterocycles. The van der Waals surface area contributed by atoms with Crippen LogP contribution in [-0.2, 0) is 6.42 Å². The fourth-order valence-electron chi connectivity index (χ4n) is 2.36. The Morgan fingerprint density at radius 3 is 2.45 bits per heavy atom. The van der Waals surface area contributed by atoms with Gasteiger partial charge < -0.3 is 4.84 Å². The first kappa shape index (κ1) is 12.9. The van der Waals surface area contributed by atoms with Crippen LogP contribution < -0.4 is 4.84 Å². The summed E-state index contributed by atoms with van der Waals surface area (Å²) < 4.78 is 0. The predicted octanol–water partition coefficient (Wildman–Crippen LogP) is 4.30. The van der Waals surface area contributed by atoms with Gasteiger partial charge in [-0.25, -0.2) is 0 Å². The zero-order chi connectivity index (χ0) is 13.8. The number of oxime groups is 1. The van der Waals surface area contributed by atoms with Crippen LogP contribution >= 0.6 is 0 Å². The molecule has 1 aliphatic rings. The Morgan fingerprint density at radius 1 is 1.10 bits per heavy atom. The van der Waals surface area contributed by atoms with Crippen molar-refractivity contribution in [3.05, 3.63) is 65.7 Å². The third-order valence-electron chi connectivity index (χ3n) is 3.86. The average molecular weight is 265 g/mol. The molecule has 0 N–H and O–H groups in total. The van der Waals surface area contributed by atoms with Crippen LogP contribution in [0, 0.1) is 11.8 Å². The van der Waals surface area contributed by atoms with Crippen molar-refractivity contribution < 1.29 is 4.84 Å². The second kappa shape index (κ2) is 5.91. The van der Waals surface area contributed by atoms with Gasteiger partial charge in [0.25, 0.3) is 0 Å². The zero-order valence-electron chi connectivity index (χ0n) is 11.7. The van der Waals surface area contributed by atoms with Gasteiger partial charge in [-0.3, -0.25) is 0 Å². The molecule has 0 heterocycles. The van der Waals surface area contributed by atoms with Crippen LogP contribution in [0.5, 0.6) is 5.75 Å². The van der Waals surface area contributed by atoms with Gasteiger partial charge in [-0.15, -0.1) is 0 Å². The molecular formula is C18H19NO. The highest BCUT2D eigenvalue weighted by atomic mass is 16.6. The Hall–Kier alpha value is -2.09. The highest BCUT2D eigenvalue weighted by molar-refractivity contribution is 5.78. The van der Waals surface area contributed by atoms with Gasteiger partial charge in [0.05, 0.1) is 6.21 Å². The van der Waals surface area contributed by atoms with E-state index in [2.05, 4.69) is 24.2 Å². The molecule has 1 fully saturated rings. The van der Waals surface area contributed by atoms with Gasteiger partial charge in [0.15, 0.2) is 5.75 Å². The Labute approximate surface area is 120 Å². The van der Waals surface area contributed by atoms with Crippen LogP contribution in [0.15, 0.2) is 59.8 Å². The summed E-state index contributed by atoms with van der Waals surface area (Å²) in [6, 6.07) is 18.2. The third kappa shape index (κ3) is 3.47. The van der Waals surface area contributed by atoms with Crippen LogP contribution in [0.3, 0.4) is 0 Å². The molecule has 1 saturated carbocycles. The van der Waals surface area contributed by atoms with Crippen LogP contribution in [0.4, 0.5) is 0 Å². The van der Waals surface area contributed by atoms with E-state index in [-0.39, 0.29) is 0 Å². The summed E-state index contributed by atoms with van der Waals surface area (Å²) in [6.07, 6.45) is 4.29. The molecule has 0 spiro atoms. The molecule has 102 valence electrons. The summed E-state index contributed by atoms with van der Waals surface area (Å²) in [5.74, 6) is 2.57. The van der Waals surface area contributed by atoms with Gasteiger partial charge in [0.2, 0.25) is 0 Å². The summed E-state index contributed by atoms with van der Waals surface area (Å²) >= 11 is 0. The largest absolute Gasteiger partial charge is 0.357 e. The average Bonchev–Trinajstić information content (AvgIpc) is 3.17. The van der Waals surface area contributed by atoms with E-state index in [4.69, 9.17) is 4.84 Å². The van der Waals surface area contributed by atoms with Crippen LogP contribution in [-0.4, -0.2) is 6.21 Å². The predicted molar refractivity (Wildman–Crippen MR) is 82.1 cm³/mol. The zero-order valence-corrected chi connectivity index (χ0v) is 11.7. The van der Waals surface area contributed by atoms with E-state index >= 15 is 0 Å². The molecule has 2 atom stereocenters. The summed E-state index contributed by atoms with van der Waals surface area (Å²) in [7, 11) is 0. The van der Waals surface area contributed by atoms with Gasteiger partial charge in [0.1, 0.15) is 0 Å². The SMILES string of the molecule is CC1C[C@H]1Cc1ccc(O/N=C/c2ccccc2)cc1. The quantitative estimate of drug-likeness (QED) is 0.583. The van der Waals surface area contributed by atoms with Gasteiger partial charge in [-0.05, 0) is 47.9 Å². The molecule has 1 unspecified atom stereocenters. The molecule has 0 aliphatic heterocycles. The lowest BCUT2D eigenvalue weighted by atomic mass is 10.1. The number of hydrogen-bond acceptors (Lipinski definition) is 2. The molecule has 0 amide bonds. The van der Waals surface area contributed by atoms with E-state index in [0.717, 1.165) is 23.1 Å². The van der Waals surface area contributed by atoms with Gasteiger partial charge in [-0.1, -0.05) is 54.5 Å². The monoisotopic (exact) mass is 265 g/mol. The number of hydrogen-bond donors (Lipinski definition) is 0. The molecule has 2 nitrogen and oxygen atoms in total. The normalized spacial score (nSPS) is 21.1. The Balaban J connectivity index is 1.54. The minimum Gasteiger partial charge on any atom is -0.357 e. The summed E-state index contributed by atoms with van der Waals surface area (Å²) in [6.45, 7) is 2.32. The molecule has 3 rings (SSSR count). The Morgan fingerprint density at radius 2 is 1.80 bits per heavy atom. The van der Waals surface area contributed by atoms with Crippen LogP contribution in [0.25, 0.3) is 0 Å². The second-order valence-electron chi connectivity index (χ2n) is 5.56. The topological polar surface area (TPSA) is 21.6 Å². The van der Waals surface area contributed by atoms with Crippen molar-refractivity contribution in [2.24, 2.45) is 17.0 Å². The van der Waals surface area contributed by atoms with Crippen LogP contribution in [0.2, 0.25) is 0 Å². The Bertz CT molecular complexity index is 574. The standard InChI is InChI=1S/C18H19NO/c1-14-11-17(14)12-15-7-9-18(10-8-15)20-19-13-16-5-3-2-4-6-16/h2-10,13-14,17H,11-12H2,1H3/b19-13+/t14?,17-/m0/s1. The van der Waals surface area contributed by atoms with E-state index in [1.807, 2.05) is 42.5 Å². The molecule has 2 aromatic carbocycles. The van der Waals surface area contributed by atoms with Crippen molar-refractivity contribution in [1.82, 2.24) is 0 Å². The summed E-state index contributed by atoms with van der Waals surface area (Å²) in [5, 5.41) is 4.00. The van der Waals surface area contributed by atoms with Crippen molar-refractivity contribution in [1.29, 1.82) is 0 Å². The lowest BCUT2D eigenvalue weighted by Crippen LogP contribution is -1.90. The first-order valence-corrected chi connectivity index (χ1v) is 7.15. The first-order valence-electron chi connectivity index (χ1n) is 7.15. The molecule has 20 heavy (non-hydrogen) atoms. The van der Waals surface area contributed by atoms with Gasteiger partial charge in [0, 0.05) is 0 Å². The van der Waals surface area contributed by atoms with Crippen molar-refractivity contribution in [2.75, 3.05) is 0 Å². The summed E-state index contributed by atoms with van der Waals surface area (Å²) in [5.41, 5.74) is 2.42. The van der Waals surface area contributed by atoms with Crippen LogP contribution in [0.1, 0.15) is 24.5 Å². The lowest BCUT2D eigenvalue weighted by molar-refractivity contribution is 0.344. The van der Waals surface area contributed by atoms with Crippen molar-refractivity contribution in [2.45, 2.75) is 19.8 Å². The maximum Gasteiger partial charge on any atom is 0.157 e. The van der Waals surface area contributed by atoms with E-state index in [9.17, 15) is 0 Å². The smallest absolute Gasteiger partial charge is 0.157 e. The number of nitrogens with zero attached hydrogens (tertiary/aromatic N) is 1. The molecule has 2 aromatic rings. The van der Waals surface area contributed by atoms with Crippen molar-refractivity contribution in [3.8, 4) is 5.75 Å². The minimum absolute atomic E-state index is 0.782. The third-order valence-corrected chi connectivity index (χ3v) is 3.86. The van der Waals surface area contributed by atoms with E-state index in [0.29, 0.717) is 0 Å². The lowest BCUT2D eigenvalue weighted by Gasteiger charge is -2.02. The minimum atomic E-state index is 0.782. The van der Waals surface area contributed by atoms with Crippen molar-refractivity contribution in [3.63, 3.8) is 0 Å². The highest BCUT2D eigenvalue weighted by Gasteiger charge is 2.31. The molecule has 0 bridgehead atoms. The maximum atomic E-state index is 5.38. The van der Waals surface area contributed by atoms with Gasteiger partial charge >= 0.3 is 0 Å². The number of benzene rings is 2. The summed E-state index contributed by atoms with van der Waals surface area (Å²) in [4.78, 5) is 5.38. The number of rotatable bonds is 5. The molecule has 0 radical (unpaired) electrons. The fourth-order valence-corrected chi connectivity index (χ4v) is 2.36. The van der Waals surface area contributed by atoms with E-state index < -0.39 is 0 Å². The molecule has 0 aromatic heterocycles. The Kier molecular flexibility index (Phi) is 3.82. The van der Waals surface area contributed by atoms with E-state index in [1.165, 1.54) is 18.4 Å².